The third kappa shape index (κ3) is 8.14. The van der Waals surface area contributed by atoms with Crippen LogP contribution in [0.15, 0.2) is 0 Å². The molecule has 1 rings (SSSR count). The Bertz CT molecular complexity index is 860. The van der Waals surface area contributed by atoms with Crippen molar-refractivity contribution in [1.29, 1.82) is 0 Å². The Kier molecular flexibility index (Phi) is 12.0. The Hall–Kier alpha value is -1.98. The summed E-state index contributed by atoms with van der Waals surface area (Å²) in [5.74, 6) is -8.78. The number of esters is 1. The van der Waals surface area contributed by atoms with Gasteiger partial charge in [0.25, 0.3) is 11.2 Å². The number of carboxylic acids is 1. The van der Waals surface area contributed by atoms with E-state index in [0.717, 1.165) is 0 Å². The van der Waals surface area contributed by atoms with Crippen molar-refractivity contribution in [3.63, 3.8) is 0 Å². The van der Waals surface area contributed by atoms with Gasteiger partial charge in [0.05, 0.1) is 10.8 Å². The van der Waals surface area contributed by atoms with E-state index in [4.69, 9.17) is 9.84 Å². The van der Waals surface area contributed by atoms with E-state index in [0.29, 0.717) is 6.42 Å². The van der Waals surface area contributed by atoms with E-state index in [2.05, 4.69) is 0 Å². The topological polar surface area (TPSA) is 104 Å². The predicted molar refractivity (Wildman–Crippen MR) is 121 cm³/mol. The first-order chi connectivity index (χ1) is 18.3. The fourth-order valence-corrected chi connectivity index (χ4v) is 3.90. The van der Waals surface area contributed by atoms with Crippen LogP contribution in [0.5, 0.6) is 0 Å². The van der Waals surface area contributed by atoms with Gasteiger partial charge < -0.3 is 20.1 Å². The van der Waals surface area contributed by atoms with E-state index in [1.165, 1.54) is 20.8 Å². The SMILES string of the molecule is CCC(C)(C)C(=O)O.CCC(C)(C)C(=O)OC1CC(C(O)(C(F)(F)F)C(F)(F)F)CC(C(O)(C(F)(F)F)C(F)(F)F)C1. The maximum atomic E-state index is 13.3. The molecule has 0 radical (unpaired) electrons. The highest BCUT2D eigenvalue weighted by molar-refractivity contribution is 5.76. The number of rotatable bonds is 7. The van der Waals surface area contributed by atoms with Gasteiger partial charge in [0.15, 0.2) is 0 Å². The minimum absolute atomic E-state index is 0.0184. The maximum absolute atomic E-state index is 13.3. The standard InChI is InChI=1S/C18H22F12O4.C6H12O2/c1-4-12(2,3)11(31)34-10-6-8(13(32,15(19,20)21)16(22,23)24)5-9(7-10)14(33,17(25,26)27)18(28,29)30;1-4-6(2,3)5(7)8/h8-10,32-33H,4-7H2,1-3H3;4H2,1-3H3,(H,7,8). The summed E-state index contributed by atoms with van der Waals surface area (Å²) in [6.07, 6.45) is -33.3. The molecule has 0 aromatic rings. The van der Waals surface area contributed by atoms with Crippen molar-refractivity contribution in [2.75, 3.05) is 0 Å². The molecule has 1 aliphatic carbocycles. The Morgan fingerprint density at radius 2 is 0.905 bits per heavy atom. The smallest absolute Gasteiger partial charge is 0.426 e. The van der Waals surface area contributed by atoms with Crippen LogP contribution in [-0.4, -0.2) is 69.3 Å². The van der Waals surface area contributed by atoms with E-state index < -0.39 is 95.9 Å². The van der Waals surface area contributed by atoms with E-state index in [1.54, 1.807) is 13.8 Å². The van der Waals surface area contributed by atoms with Gasteiger partial charge in [0.1, 0.15) is 6.10 Å². The molecule has 1 fully saturated rings. The molecule has 0 saturated heterocycles. The third-order valence-corrected chi connectivity index (χ3v) is 7.75. The van der Waals surface area contributed by atoms with Crippen LogP contribution in [0, 0.1) is 22.7 Å². The number of carbonyl (C=O) groups is 2. The van der Waals surface area contributed by atoms with E-state index in [-0.39, 0.29) is 6.42 Å². The van der Waals surface area contributed by atoms with Crippen molar-refractivity contribution in [2.45, 2.75) is 116 Å². The van der Waals surface area contributed by atoms with Crippen LogP contribution in [0.25, 0.3) is 0 Å². The molecule has 250 valence electrons. The molecule has 0 aromatic heterocycles. The van der Waals surface area contributed by atoms with Crippen LogP contribution in [-0.2, 0) is 14.3 Å². The minimum Gasteiger partial charge on any atom is -0.481 e. The van der Waals surface area contributed by atoms with Gasteiger partial charge in [-0.25, -0.2) is 0 Å². The first kappa shape index (κ1) is 40.0. The summed E-state index contributed by atoms with van der Waals surface area (Å²) in [6.45, 7) is 9.12. The molecule has 18 heteroatoms. The summed E-state index contributed by atoms with van der Waals surface area (Å²) in [5.41, 5.74) is -13.5. The van der Waals surface area contributed by atoms with Crippen LogP contribution in [0.3, 0.4) is 0 Å². The van der Waals surface area contributed by atoms with Crippen LogP contribution in [0.1, 0.15) is 73.6 Å². The zero-order valence-electron chi connectivity index (χ0n) is 23.4. The number of halogens is 12. The summed E-state index contributed by atoms with van der Waals surface area (Å²) >= 11 is 0. The van der Waals surface area contributed by atoms with Gasteiger partial charge >= 0.3 is 36.6 Å². The minimum atomic E-state index is -6.58. The number of hydrogen-bond donors (Lipinski definition) is 3. The van der Waals surface area contributed by atoms with Crippen LogP contribution in [0.2, 0.25) is 0 Å². The molecule has 0 bridgehead atoms. The lowest BCUT2D eigenvalue weighted by Gasteiger charge is -2.48. The van der Waals surface area contributed by atoms with Crippen molar-refractivity contribution in [3.05, 3.63) is 0 Å². The number of carbonyl (C=O) groups excluding carboxylic acids is 1. The molecule has 0 aromatic carbocycles. The number of aliphatic hydroxyl groups is 2. The van der Waals surface area contributed by atoms with Gasteiger partial charge in [-0.05, 0) is 59.8 Å². The highest BCUT2D eigenvalue weighted by atomic mass is 19.4. The molecule has 1 aliphatic rings. The van der Waals surface area contributed by atoms with Crippen molar-refractivity contribution in [2.24, 2.45) is 22.7 Å². The Balaban J connectivity index is 0.00000183. The quantitative estimate of drug-likeness (QED) is 0.204. The lowest BCUT2D eigenvalue weighted by Crippen LogP contribution is -2.67. The zero-order chi connectivity index (χ0) is 34.1. The third-order valence-electron chi connectivity index (χ3n) is 7.75. The van der Waals surface area contributed by atoms with Crippen LogP contribution >= 0.6 is 0 Å². The van der Waals surface area contributed by atoms with Gasteiger partial charge in [-0.1, -0.05) is 13.8 Å². The summed E-state index contributed by atoms with van der Waals surface area (Å²) < 4.78 is 165. The van der Waals surface area contributed by atoms with Crippen molar-refractivity contribution in [3.8, 4) is 0 Å². The highest BCUT2D eigenvalue weighted by Crippen LogP contribution is 2.58. The lowest BCUT2D eigenvalue weighted by atomic mass is 9.65. The second-order valence-corrected chi connectivity index (χ2v) is 11.4. The Morgan fingerprint density at radius 1 is 0.619 bits per heavy atom. The molecular formula is C24H34F12O6. The zero-order valence-corrected chi connectivity index (χ0v) is 23.4. The molecule has 2 unspecified atom stereocenters. The Morgan fingerprint density at radius 3 is 1.10 bits per heavy atom. The van der Waals surface area contributed by atoms with Crippen molar-refractivity contribution >= 4 is 11.9 Å². The van der Waals surface area contributed by atoms with Gasteiger partial charge in [0, 0.05) is 11.8 Å². The summed E-state index contributed by atoms with van der Waals surface area (Å²) in [6, 6.07) is 0. The molecule has 42 heavy (non-hydrogen) atoms. The van der Waals surface area contributed by atoms with Crippen molar-refractivity contribution < 1.29 is 82.3 Å². The molecule has 0 amide bonds. The van der Waals surface area contributed by atoms with E-state index in [1.807, 2.05) is 6.92 Å². The average Bonchev–Trinajstić information content (AvgIpc) is 2.79. The lowest BCUT2D eigenvalue weighted by molar-refractivity contribution is -0.405. The number of aliphatic carboxylic acids is 1. The number of ether oxygens (including phenoxy) is 1. The molecule has 2 atom stereocenters. The number of carboxylic acid groups (broad SMARTS) is 1. The van der Waals surface area contributed by atoms with Crippen LogP contribution in [0.4, 0.5) is 52.7 Å². The Labute approximate surface area is 233 Å². The highest BCUT2D eigenvalue weighted by Gasteiger charge is 2.78. The van der Waals surface area contributed by atoms with Gasteiger partial charge in [-0.3, -0.25) is 9.59 Å². The molecule has 0 spiro atoms. The second-order valence-electron chi connectivity index (χ2n) is 11.4. The monoisotopic (exact) mass is 646 g/mol. The fraction of sp³-hybridized carbons (Fsp3) is 0.917. The molecular weight excluding hydrogens is 612 g/mol. The van der Waals surface area contributed by atoms with Crippen LogP contribution < -0.4 is 0 Å². The summed E-state index contributed by atoms with van der Waals surface area (Å²) in [5, 5.41) is 27.7. The van der Waals surface area contributed by atoms with Crippen molar-refractivity contribution in [1.82, 2.24) is 0 Å². The average molecular weight is 647 g/mol. The first-order valence-electron chi connectivity index (χ1n) is 12.4. The van der Waals surface area contributed by atoms with Gasteiger partial charge in [-0.15, -0.1) is 0 Å². The first-order valence-corrected chi connectivity index (χ1v) is 12.4. The molecule has 3 N–H and O–H groups in total. The fourth-order valence-electron chi connectivity index (χ4n) is 3.90. The van der Waals surface area contributed by atoms with E-state index >= 15 is 0 Å². The summed E-state index contributed by atoms with van der Waals surface area (Å²) in [4.78, 5) is 22.5. The second kappa shape index (κ2) is 12.6. The summed E-state index contributed by atoms with van der Waals surface area (Å²) in [7, 11) is 0. The van der Waals surface area contributed by atoms with Gasteiger partial charge in [-0.2, -0.15) is 52.7 Å². The normalized spacial score (nSPS) is 21.8. The number of hydrogen-bond acceptors (Lipinski definition) is 5. The molecule has 1 saturated carbocycles. The predicted octanol–water partition coefficient (Wildman–Crippen LogP) is 6.97. The largest absolute Gasteiger partial charge is 0.481 e. The molecule has 0 aliphatic heterocycles. The molecule has 6 nitrogen and oxygen atoms in total. The maximum Gasteiger partial charge on any atom is 0.426 e. The van der Waals surface area contributed by atoms with E-state index in [9.17, 15) is 72.5 Å². The number of alkyl halides is 12. The molecule has 0 heterocycles. The van der Waals surface area contributed by atoms with Gasteiger partial charge in [0.2, 0.25) is 0 Å².